The van der Waals surface area contributed by atoms with Gasteiger partial charge in [0.25, 0.3) is 0 Å². The summed E-state index contributed by atoms with van der Waals surface area (Å²) in [4.78, 5) is 14.1. The van der Waals surface area contributed by atoms with Gasteiger partial charge in [0, 0.05) is 19.6 Å². The van der Waals surface area contributed by atoms with E-state index >= 15 is 0 Å². The molecular formula is C15H23N3O4S. The average Bonchev–Trinajstić information content (AvgIpc) is 2.52. The Labute approximate surface area is 137 Å². The van der Waals surface area contributed by atoms with Gasteiger partial charge in [-0.1, -0.05) is 12.1 Å². The number of sulfonamides is 1. The molecule has 0 spiro atoms. The van der Waals surface area contributed by atoms with Crippen LogP contribution in [0.15, 0.2) is 29.2 Å². The minimum atomic E-state index is -3.48. The Hall–Kier alpha value is -1.64. The summed E-state index contributed by atoms with van der Waals surface area (Å²) >= 11 is 0. The molecule has 128 valence electrons. The number of benzene rings is 1. The van der Waals surface area contributed by atoms with E-state index in [0.29, 0.717) is 13.1 Å². The zero-order chi connectivity index (χ0) is 17.0. The molecule has 0 aromatic heterocycles. The lowest BCUT2D eigenvalue weighted by Gasteiger charge is -2.35. The van der Waals surface area contributed by atoms with E-state index in [1.54, 1.807) is 23.1 Å². The van der Waals surface area contributed by atoms with E-state index < -0.39 is 10.0 Å². The van der Waals surface area contributed by atoms with Gasteiger partial charge in [-0.15, -0.1) is 0 Å². The molecule has 2 rings (SSSR count). The van der Waals surface area contributed by atoms with E-state index in [0.717, 1.165) is 5.56 Å². The van der Waals surface area contributed by atoms with Gasteiger partial charge in [0.15, 0.2) is 0 Å². The van der Waals surface area contributed by atoms with Crippen molar-refractivity contribution in [1.29, 1.82) is 0 Å². The van der Waals surface area contributed by atoms with Gasteiger partial charge in [0.1, 0.15) is 0 Å². The van der Waals surface area contributed by atoms with Crippen molar-refractivity contribution in [3.63, 3.8) is 0 Å². The number of urea groups is 1. The van der Waals surface area contributed by atoms with Crippen LogP contribution in [-0.2, 0) is 21.3 Å². The lowest BCUT2D eigenvalue weighted by molar-refractivity contribution is -0.0545. The molecule has 2 atom stereocenters. The highest BCUT2D eigenvalue weighted by Gasteiger charge is 2.25. The molecule has 0 unspecified atom stereocenters. The highest BCUT2D eigenvalue weighted by Crippen LogP contribution is 2.13. The molecule has 1 aliphatic heterocycles. The predicted molar refractivity (Wildman–Crippen MR) is 86.5 cm³/mol. The molecule has 1 heterocycles. The summed E-state index contributed by atoms with van der Waals surface area (Å²) < 4.78 is 31.5. The van der Waals surface area contributed by atoms with Gasteiger partial charge in [0.2, 0.25) is 10.0 Å². The number of hydrogen-bond donors (Lipinski definition) is 2. The average molecular weight is 341 g/mol. The lowest BCUT2D eigenvalue weighted by Crippen LogP contribution is -2.51. The van der Waals surface area contributed by atoms with Crippen LogP contribution in [0.4, 0.5) is 4.79 Å². The lowest BCUT2D eigenvalue weighted by atomic mass is 10.2. The fraction of sp³-hybridized carbons (Fsp3) is 0.533. The number of morpholine rings is 1. The third kappa shape index (κ3) is 4.66. The maximum absolute atomic E-state index is 12.2. The number of carbonyl (C=O) groups excluding carboxylic acids is 1. The number of nitrogens with one attached hydrogen (secondary N) is 2. The molecule has 8 heteroatoms. The number of nitrogens with zero attached hydrogens (tertiary/aromatic N) is 1. The Kier molecular flexibility index (Phi) is 5.61. The number of hydrogen-bond acceptors (Lipinski definition) is 4. The summed E-state index contributed by atoms with van der Waals surface area (Å²) in [5.74, 6) is 0. The third-order valence-corrected chi connectivity index (χ3v) is 5.04. The molecule has 1 aromatic carbocycles. The van der Waals surface area contributed by atoms with Crippen LogP contribution in [0, 0.1) is 0 Å². The van der Waals surface area contributed by atoms with Gasteiger partial charge in [-0.2, -0.15) is 0 Å². The smallest absolute Gasteiger partial charge is 0.317 e. The SMILES string of the molecule is CNS(=O)(=O)c1cccc(CNC(=O)N2C[C@H](C)O[C@@H](C)C2)c1. The van der Waals surface area contributed by atoms with Crippen LogP contribution in [0.1, 0.15) is 19.4 Å². The van der Waals surface area contributed by atoms with Crippen molar-refractivity contribution in [1.82, 2.24) is 14.9 Å². The minimum Gasteiger partial charge on any atom is -0.372 e. The molecule has 2 amide bonds. The first-order chi connectivity index (χ1) is 10.8. The quantitative estimate of drug-likeness (QED) is 0.852. The first kappa shape index (κ1) is 17.7. The molecular weight excluding hydrogens is 318 g/mol. The molecule has 1 aliphatic rings. The Morgan fingerprint density at radius 3 is 2.57 bits per heavy atom. The van der Waals surface area contributed by atoms with Crippen molar-refractivity contribution in [2.45, 2.75) is 37.5 Å². The van der Waals surface area contributed by atoms with Gasteiger partial charge < -0.3 is 15.0 Å². The minimum absolute atomic E-state index is 0.00796. The predicted octanol–water partition coefficient (Wildman–Crippen LogP) is 0.913. The number of carbonyl (C=O) groups is 1. The van der Waals surface area contributed by atoms with Crippen LogP contribution >= 0.6 is 0 Å². The van der Waals surface area contributed by atoms with E-state index in [1.807, 2.05) is 13.8 Å². The summed E-state index contributed by atoms with van der Waals surface area (Å²) in [6, 6.07) is 6.33. The van der Waals surface area contributed by atoms with Gasteiger partial charge >= 0.3 is 6.03 Å². The summed E-state index contributed by atoms with van der Waals surface area (Å²) in [7, 11) is -2.12. The van der Waals surface area contributed by atoms with Crippen molar-refractivity contribution in [2.75, 3.05) is 20.1 Å². The standard InChI is InChI=1S/C15H23N3O4S/c1-11-9-18(10-12(2)22-11)15(19)17-8-13-5-4-6-14(7-13)23(20,21)16-3/h4-7,11-12,16H,8-10H2,1-3H3,(H,17,19)/t11-,12-/m0/s1. The first-order valence-electron chi connectivity index (χ1n) is 7.52. The molecule has 0 saturated carbocycles. The second-order valence-electron chi connectivity index (χ2n) is 5.68. The molecule has 1 fully saturated rings. The molecule has 7 nitrogen and oxygen atoms in total. The molecule has 0 bridgehead atoms. The summed E-state index contributed by atoms with van der Waals surface area (Å²) in [6.45, 7) is 5.23. The summed E-state index contributed by atoms with van der Waals surface area (Å²) in [5, 5.41) is 2.82. The monoisotopic (exact) mass is 341 g/mol. The molecule has 0 radical (unpaired) electrons. The maximum atomic E-state index is 12.2. The number of amides is 2. The number of ether oxygens (including phenoxy) is 1. The van der Waals surface area contributed by atoms with Crippen molar-refractivity contribution >= 4 is 16.1 Å². The Morgan fingerprint density at radius 2 is 1.96 bits per heavy atom. The fourth-order valence-electron chi connectivity index (χ4n) is 2.57. The first-order valence-corrected chi connectivity index (χ1v) is 9.01. The van der Waals surface area contributed by atoms with Crippen LogP contribution in [0.2, 0.25) is 0 Å². The van der Waals surface area contributed by atoms with Crippen LogP contribution < -0.4 is 10.0 Å². The molecule has 1 saturated heterocycles. The van der Waals surface area contributed by atoms with Crippen molar-refractivity contribution < 1.29 is 17.9 Å². The van der Waals surface area contributed by atoms with Crippen LogP contribution in [0.5, 0.6) is 0 Å². The molecule has 1 aromatic rings. The fourth-order valence-corrected chi connectivity index (χ4v) is 3.37. The maximum Gasteiger partial charge on any atom is 0.317 e. The van der Waals surface area contributed by atoms with E-state index in [4.69, 9.17) is 4.74 Å². The van der Waals surface area contributed by atoms with Crippen molar-refractivity contribution in [2.24, 2.45) is 0 Å². The van der Waals surface area contributed by atoms with Gasteiger partial charge in [-0.25, -0.2) is 17.9 Å². The third-order valence-electron chi connectivity index (χ3n) is 3.63. The second kappa shape index (κ2) is 7.29. The Bertz CT molecular complexity index is 652. The van der Waals surface area contributed by atoms with Crippen LogP contribution in [0.3, 0.4) is 0 Å². The van der Waals surface area contributed by atoms with Crippen molar-refractivity contribution in [3.05, 3.63) is 29.8 Å². The number of rotatable bonds is 4. The largest absolute Gasteiger partial charge is 0.372 e. The summed E-state index contributed by atoms with van der Waals surface area (Å²) in [5.41, 5.74) is 0.726. The van der Waals surface area contributed by atoms with Gasteiger partial charge in [-0.3, -0.25) is 0 Å². The van der Waals surface area contributed by atoms with E-state index in [9.17, 15) is 13.2 Å². The van der Waals surface area contributed by atoms with E-state index in [2.05, 4.69) is 10.0 Å². The normalized spacial score (nSPS) is 22.0. The van der Waals surface area contributed by atoms with Crippen LogP contribution in [0.25, 0.3) is 0 Å². The summed E-state index contributed by atoms with van der Waals surface area (Å²) in [6.07, 6.45) is 0.0159. The van der Waals surface area contributed by atoms with E-state index in [-0.39, 0.29) is 29.7 Å². The zero-order valence-electron chi connectivity index (χ0n) is 13.6. The van der Waals surface area contributed by atoms with Crippen molar-refractivity contribution in [3.8, 4) is 0 Å². The zero-order valence-corrected chi connectivity index (χ0v) is 14.4. The van der Waals surface area contributed by atoms with Crippen LogP contribution in [-0.4, -0.2) is 51.7 Å². The Balaban J connectivity index is 1.98. The highest BCUT2D eigenvalue weighted by molar-refractivity contribution is 7.89. The molecule has 0 aliphatic carbocycles. The Morgan fingerprint density at radius 1 is 1.30 bits per heavy atom. The topological polar surface area (TPSA) is 87.7 Å². The van der Waals surface area contributed by atoms with Gasteiger partial charge in [-0.05, 0) is 38.6 Å². The van der Waals surface area contributed by atoms with Gasteiger partial charge in [0.05, 0.1) is 17.1 Å². The second-order valence-corrected chi connectivity index (χ2v) is 7.56. The molecule has 2 N–H and O–H groups in total. The highest BCUT2D eigenvalue weighted by atomic mass is 32.2. The molecule has 23 heavy (non-hydrogen) atoms. The van der Waals surface area contributed by atoms with E-state index in [1.165, 1.54) is 13.1 Å².